The largest absolute Gasteiger partial charge is 0.333 e. The minimum Gasteiger partial charge on any atom is -0.333 e. The highest BCUT2D eigenvalue weighted by molar-refractivity contribution is 7.15. The lowest BCUT2D eigenvalue weighted by molar-refractivity contribution is 0.433. The first kappa shape index (κ1) is 11.6. The molecule has 0 aliphatic heterocycles. The van der Waals surface area contributed by atoms with Crippen LogP contribution in [0.1, 0.15) is 10.4 Å². The van der Waals surface area contributed by atoms with Crippen LogP contribution in [-0.4, -0.2) is 15.1 Å². The predicted molar refractivity (Wildman–Crippen MR) is 70.3 cm³/mol. The highest BCUT2D eigenvalue weighted by atomic mass is 32.1. The second-order valence-corrected chi connectivity index (χ2v) is 4.97. The minimum absolute atomic E-state index is 0.428. The number of nitriles is 1. The Morgan fingerprint density at radius 1 is 1.32 bits per heavy atom. The average Bonchev–Trinajstić information content (AvgIpc) is 3.08. The smallest absolute Gasteiger partial charge is 0.268 e. The van der Waals surface area contributed by atoms with Gasteiger partial charge in [-0.1, -0.05) is 5.16 Å². The van der Waals surface area contributed by atoms with Crippen LogP contribution < -0.4 is 0 Å². The summed E-state index contributed by atoms with van der Waals surface area (Å²) in [6.45, 7) is 1.94. The van der Waals surface area contributed by atoms with Gasteiger partial charge in [-0.2, -0.15) is 10.2 Å². The Balaban J connectivity index is 2.00. The summed E-state index contributed by atoms with van der Waals surface area (Å²) in [5.41, 5.74) is 1.88. The van der Waals surface area contributed by atoms with Crippen LogP contribution in [0.2, 0.25) is 0 Å². The van der Waals surface area contributed by atoms with Gasteiger partial charge < -0.3 is 4.52 Å². The summed E-state index contributed by atoms with van der Waals surface area (Å²) in [5.74, 6) is 0.958. The summed E-state index contributed by atoms with van der Waals surface area (Å²) in [6, 6.07) is 7.47. The molecule has 3 aromatic heterocycles. The summed E-state index contributed by atoms with van der Waals surface area (Å²) in [6.07, 6.45) is 3.45. The molecule has 3 aromatic rings. The molecule has 0 radical (unpaired) electrons. The van der Waals surface area contributed by atoms with E-state index in [-0.39, 0.29) is 0 Å². The van der Waals surface area contributed by atoms with Crippen molar-refractivity contribution in [3.63, 3.8) is 0 Å². The van der Waals surface area contributed by atoms with E-state index in [2.05, 4.69) is 21.2 Å². The van der Waals surface area contributed by atoms with Crippen molar-refractivity contribution in [2.45, 2.75) is 6.92 Å². The van der Waals surface area contributed by atoms with Gasteiger partial charge >= 0.3 is 0 Å². The highest BCUT2D eigenvalue weighted by Gasteiger charge is 2.13. The zero-order chi connectivity index (χ0) is 13.2. The van der Waals surface area contributed by atoms with Crippen molar-refractivity contribution in [1.29, 1.82) is 5.26 Å². The van der Waals surface area contributed by atoms with Gasteiger partial charge in [0.05, 0.1) is 4.88 Å². The Morgan fingerprint density at radius 3 is 2.95 bits per heavy atom. The fourth-order valence-electron chi connectivity index (χ4n) is 1.67. The molecule has 0 N–H and O–H groups in total. The molecule has 0 aliphatic rings. The Hall–Kier alpha value is -2.52. The number of pyridine rings is 1. The van der Waals surface area contributed by atoms with Gasteiger partial charge in [0.15, 0.2) is 0 Å². The van der Waals surface area contributed by atoms with E-state index in [9.17, 15) is 0 Å². The monoisotopic (exact) mass is 268 g/mol. The molecule has 5 nitrogen and oxygen atoms in total. The third-order valence-corrected chi connectivity index (χ3v) is 3.59. The molecule has 0 aliphatic carbocycles. The van der Waals surface area contributed by atoms with Crippen LogP contribution in [0, 0.1) is 18.3 Å². The van der Waals surface area contributed by atoms with Crippen LogP contribution in [0.25, 0.3) is 22.2 Å². The summed E-state index contributed by atoms with van der Waals surface area (Å²) >= 11 is 1.33. The average molecular weight is 268 g/mol. The molecule has 19 heavy (non-hydrogen) atoms. The van der Waals surface area contributed by atoms with Gasteiger partial charge in [0.2, 0.25) is 5.82 Å². The van der Waals surface area contributed by atoms with Crippen LogP contribution in [-0.2, 0) is 0 Å². The summed E-state index contributed by atoms with van der Waals surface area (Å²) < 4.78 is 5.24. The molecule has 3 heterocycles. The van der Waals surface area contributed by atoms with Crippen LogP contribution >= 0.6 is 11.3 Å². The third-order valence-electron chi connectivity index (χ3n) is 2.61. The Morgan fingerprint density at radius 2 is 2.21 bits per heavy atom. The maximum atomic E-state index is 8.80. The van der Waals surface area contributed by atoms with Crippen molar-refractivity contribution in [1.82, 2.24) is 15.1 Å². The first-order chi connectivity index (χ1) is 9.28. The zero-order valence-corrected chi connectivity index (χ0v) is 10.8. The molecule has 0 unspecified atom stereocenters. The molecule has 3 rings (SSSR count). The minimum atomic E-state index is 0.428. The molecule has 0 fully saturated rings. The lowest BCUT2D eigenvalue weighted by atomic mass is 10.1. The van der Waals surface area contributed by atoms with Crippen molar-refractivity contribution < 1.29 is 4.52 Å². The lowest BCUT2D eigenvalue weighted by Crippen LogP contribution is -1.86. The molecule has 0 saturated carbocycles. The summed E-state index contributed by atoms with van der Waals surface area (Å²) in [4.78, 5) is 9.80. The van der Waals surface area contributed by atoms with Crippen molar-refractivity contribution in [2.24, 2.45) is 0 Å². The molecule has 0 amide bonds. The van der Waals surface area contributed by atoms with E-state index in [1.54, 1.807) is 24.5 Å². The quantitative estimate of drug-likeness (QED) is 0.714. The molecule has 0 bridgehead atoms. The van der Waals surface area contributed by atoms with E-state index >= 15 is 0 Å². The first-order valence-corrected chi connectivity index (χ1v) is 6.34. The molecule has 0 atom stereocenters. The van der Waals surface area contributed by atoms with Crippen LogP contribution in [0.5, 0.6) is 0 Å². The van der Waals surface area contributed by atoms with Gasteiger partial charge in [0.1, 0.15) is 10.9 Å². The highest BCUT2D eigenvalue weighted by Crippen LogP contribution is 2.28. The van der Waals surface area contributed by atoms with E-state index in [1.165, 1.54) is 11.3 Å². The number of aromatic nitrogens is 3. The van der Waals surface area contributed by atoms with Gasteiger partial charge in [0.25, 0.3) is 5.89 Å². The van der Waals surface area contributed by atoms with E-state index in [4.69, 9.17) is 9.78 Å². The van der Waals surface area contributed by atoms with Crippen molar-refractivity contribution in [3.05, 3.63) is 41.0 Å². The molecular weight excluding hydrogens is 260 g/mol. The second kappa shape index (κ2) is 4.63. The number of hydrogen-bond acceptors (Lipinski definition) is 6. The molecule has 92 valence electrons. The predicted octanol–water partition coefficient (Wildman–Crippen LogP) is 3.04. The SMILES string of the molecule is Cc1cnccc1-c1noc(-c2ccc(C#N)s2)n1. The fourth-order valence-corrected chi connectivity index (χ4v) is 2.40. The van der Waals surface area contributed by atoms with E-state index in [0.29, 0.717) is 16.6 Å². The fraction of sp³-hybridized carbons (Fsp3) is 0.0769. The number of hydrogen-bond donors (Lipinski definition) is 0. The van der Waals surface area contributed by atoms with E-state index in [0.717, 1.165) is 16.0 Å². The normalized spacial score (nSPS) is 10.3. The first-order valence-electron chi connectivity index (χ1n) is 5.53. The number of thiophene rings is 1. The van der Waals surface area contributed by atoms with Crippen LogP contribution in [0.4, 0.5) is 0 Å². The van der Waals surface area contributed by atoms with Crippen molar-refractivity contribution in [3.8, 4) is 28.2 Å². The van der Waals surface area contributed by atoms with E-state index in [1.807, 2.05) is 13.0 Å². The Bertz CT molecular complexity index is 769. The maximum absolute atomic E-state index is 8.80. The standard InChI is InChI=1S/C13H8N4OS/c1-8-7-15-5-4-10(8)12-16-13(18-17-12)11-3-2-9(6-14)19-11/h2-5,7H,1H3. The van der Waals surface area contributed by atoms with Gasteiger partial charge in [-0.15, -0.1) is 11.3 Å². The lowest BCUT2D eigenvalue weighted by Gasteiger charge is -1.97. The maximum Gasteiger partial charge on any atom is 0.268 e. The summed E-state index contributed by atoms with van der Waals surface area (Å²) in [5, 5.41) is 12.8. The summed E-state index contributed by atoms with van der Waals surface area (Å²) in [7, 11) is 0. The van der Waals surface area contributed by atoms with Crippen LogP contribution in [0.15, 0.2) is 35.1 Å². The number of aryl methyl sites for hydroxylation is 1. The Kier molecular flexibility index (Phi) is 2.82. The zero-order valence-electron chi connectivity index (χ0n) is 9.99. The van der Waals surface area contributed by atoms with Gasteiger partial charge in [-0.05, 0) is 30.7 Å². The molecule has 0 spiro atoms. The number of nitrogens with zero attached hydrogens (tertiary/aromatic N) is 4. The second-order valence-electron chi connectivity index (χ2n) is 3.89. The number of rotatable bonds is 2. The van der Waals surface area contributed by atoms with Gasteiger partial charge in [0, 0.05) is 18.0 Å². The topological polar surface area (TPSA) is 75.6 Å². The Labute approximate surface area is 113 Å². The van der Waals surface area contributed by atoms with Crippen molar-refractivity contribution in [2.75, 3.05) is 0 Å². The third kappa shape index (κ3) is 2.11. The van der Waals surface area contributed by atoms with Gasteiger partial charge in [-0.3, -0.25) is 4.98 Å². The van der Waals surface area contributed by atoms with Crippen molar-refractivity contribution >= 4 is 11.3 Å². The van der Waals surface area contributed by atoms with E-state index < -0.39 is 0 Å². The molecule has 6 heteroatoms. The van der Waals surface area contributed by atoms with Crippen LogP contribution in [0.3, 0.4) is 0 Å². The molecule has 0 saturated heterocycles. The van der Waals surface area contributed by atoms with Gasteiger partial charge in [-0.25, -0.2) is 0 Å². The molecule has 0 aromatic carbocycles. The molecular formula is C13H8N4OS.